The molecule has 1 atom stereocenters. The lowest BCUT2D eigenvalue weighted by molar-refractivity contribution is 0.165. The zero-order valence-corrected chi connectivity index (χ0v) is 11.4. The molecule has 1 N–H and O–H groups in total. The molecule has 0 aromatic heterocycles. The number of nitrogens with zero attached hydrogens (tertiary/aromatic N) is 1. The summed E-state index contributed by atoms with van der Waals surface area (Å²) < 4.78 is 26.4. The van der Waals surface area contributed by atoms with Crippen molar-refractivity contribution < 1.29 is 13.5 Å². The van der Waals surface area contributed by atoms with E-state index in [1.807, 2.05) is 13.0 Å². The summed E-state index contributed by atoms with van der Waals surface area (Å²) in [5.41, 5.74) is 0.937. The van der Waals surface area contributed by atoms with Gasteiger partial charge in [-0.1, -0.05) is 12.1 Å². The smallest absolute Gasteiger partial charge is 0.243 e. The highest BCUT2D eigenvalue weighted by Gasteiger charge is 2.29. The second kappa shape index (κ2) is 5.38. The zero-order valence-electron chi connectivity index (χ0n) is 10.5. The average Bonchev–Trinajstić information content (AvgIpc) is 2.39. The van der Waals surface area contributed by atoms with Crippen molar-refractivity contribution in [3.63, 3.8) is 0 Å². The first kappa shape index (κ1) is 13.5. The maximum atomic E-state index is 12.4. The van der Waals surface area contributed by atoms with E-state index in [1.54, 1.807) is 18.2 Å². The summed E-state index contributed by atoms with van der Waals surface area (Å²) in [5, 5.41) is 9.17. The molecule has 1 saturated heterocycles. The molecule has 2 rings (SSSR count). The van der Waals surface area contributed by atoms with E-state index in [-0.39, 0.29) is 12.5 Å². The van der Waals surface area contributed by atoms with Crippen molar-refractivity contribution in [2.45, 2.75) is 24.7 Å². The molecule has 5 heteroatoms. The molecular weight excluding hydrogens is 250 g/mol. The van der Waals surface area contributed by atoms with Crippen molar-refractivity contribution in [2.24, 2.45) is 5.92 Å². The van der Waals surface area contributed by atoms with Gasteiger partial charge in [-0.25, -0.2) is 8.42 Å². The fraction of sp³-hybridized carbons (Fsp3) is 0.538. The van der Waals surface area contributed by atoms with Gasteiger partial charge in [-0.2, -0.15) is 4.31 Å². The van der Waals surface area contributed by atoms with Gasteiger partial charge in [-0.15, -0.1) is 0 Å². The van der Waals surface area contributed by atoms with Gasteiger partial charge in [-0.05, 0) is 43.4 Å². The van der Waals surface area contributed by atoms with E-state index in [2.05, 4.69) is 0 Å². The van der Waals surface area contributed by atoms with Crippen molar-refractivity contribution in [2.75, 3.05) is 19.7 Å². The van der Waals surface area contributed by atoms with Crippen LogP contribution in [0.3, 0.4) is 0 Å². The Balaban J connectivity index is 2.25. The minimum Gasteiger partial charge on any atom is -0.396 e. The number of aliphatic hydroxyl groups is 1. The molecule has 0 radical (unpaired) electrons. The first-order chi connectivity index (χ1) is 8.54. The van der Waals surface area contributed by atoms with Gasteiger partial charge in [0.05, 0.1) is 4.90 Å². The average molecular weight is 269 g/mol. The van der Waals surface area contributed by atoms with Gasteiger partial charge in [0.15, 0.2) is 0 Å². The number of aryl methyl sites for hydroxylation is 1. The molecular formula is C13H19NO3S. The third-order valence-corrected chi connectivity index (χ3v) is 5.23. The minimum absolute atomic E-state index is 0.0554. The van der Waals surface area contributed by atoms with Crippen molar-refractivity contribution in [3.05, 3.63) is 29.8 Å². The number of rotatable bonds is 3. The molecule has 0 aliphatic carbocycles. The van der Waals surface area contributed by atoms with Crippen molar-refractivity contribution in [3.8, 4) is 0 Å². The molecule has 18 heavy (non-hydrogen) atoms. The van der Waals surface area contributed by atoms with Crippen LogP contribution < -0.4 is 0 Å². The molecule has 0 bridgehead atoms. The highest BCUT2D eigenvalue weighted by Crippen LogP contribution is 2.23. The first-order valence-electron chi connectivity index (χ1n) is 6.21. The van der Waals surface area contributed by atoms with Crippen molar-refractivity contribution in [1.29, 1.82) is 0 Å². The molecule has 1 aliphatic heterocycles. The fourth-order valence-corrected chi connectivity index (χ4v) is 3.98. The number of sulfonamides is 1. The van der Waals surface area contributed by atoms with Gasteiger partial charge in [0, 0.05) is 19.7 Å². The van der Waals surface area contributed by atoms with Gasteiger partial charge < -0.3 is 5.11 Å². The van der Waals surface area contributed by atoms with Crippen LogP contribution in [0.2, 0.25) is 0 Å². The third kappa shape index (κ3) is 2.74. The van der Waals surface area contributed by atoms with E-state index >= 15 is 0 Å². The number of hydrogen-bond acceptors (Lipinski definition) is 3. The largest absolute Gasteiger partial charge is 0.396 e. The normalized spacial score (nSPS) is 22.0. The summed E-state index contributed by atoms with van der Waals surface area (Å²) in [7, 11) is -3.41. The van der Waals surface area contributed by atoms with Crippen LogP contribution in [0.5, 0.6) is 0 Å². The standard InChI is InChI=1S/C13H19NO3S/c1-11-4-2-6-13(8-11)18(16,17)14-7-3-5-12(9-14)10-15/h2,4,6,8,12,15H,3,5,7,9-10H2,1H3. The van der Waals surface area contributed by atoms with Crippen LogP contribution in [0.25, 0.3) is 0 Å². The molecule has 1 heterocycles. The Morgan fingerprint density at radius 1 is 1.44 bits per heavy atom. The lowest BCUT2D eigenvalue weighted by atomic mass is 10.0. The molecule has 100 valence electrons. The Labute approximate surface area is 108 Å². The van der Waals surface area contributed by atoms with Crippen LogP contribution in [-0.2, 0) is 10.0 Å². The molecule has 0 saturated carbocycles. The van der Waals surface area contributed by atoms with E-state index in [1.165, 1.54) is 4.31 Å². The van der Waals surface area contributed by atoms with Crippen LogP contribution in [-0.4, -0.2) is 37.5 Å². The van der Waals surface area contributed by atoms with Gasteiger partial charge in [0.25, 0.3) is 0 Å². The van der Waals surface area contributed by atoms with Gasteiger partial charge >= 0.3 is 0 Å². The summed E-state index contributed by atoms with van der Waals surface area (Å²) in [5.74, 6) is 0.0679. The molecule has 1 unspecified atom stereocenters. The highest BCUT2D eigenvalue weighted by atomic mass is 32.2. The highest BCUT2D eigenvalue weighted by molar-refractivity contribution is 7.89. The fourth-order valence-electron chi connectivity index (χ4n) is 2.32. The van der Waals surface area contributed by atoms with Crippen molar-refractivity contribution >= 4 is 10.0 Å². The molecule has 4 nitrogen and oxygen atoms in total. The lowest BCUT2D eigenvalue weighted by Gasteiger charge is -2.31. The van der Waals surface area contributed by atoms with Crippen LogP contribution >= 0.6 is 0 Å². The van der Waals surface area contributed by atoms with Crippen LogP contribution in [0.4, 0.5) is 0 Å². The Hall–Kier alpha value is -0.910. The van der Waals surface area contributed by atoms with E-state index in [9.17, 15) is 8.42 Å². The first-order valence-corrected chi connectivity index (χ1v) is 7.65. The number of hydrogen-bond donors (Lipinski definition) is 1. The summed E-state index contributed by atoms with van der Waals surface area (Å²) in [6.07, 6.45) is 1.71. The second-order valence-corrected chi connectivity index (χ2v) is 6.81. The van der Waals surface area contributed by atoms with Gasteiger partial charge in [0.2, 0.25) is 10.0 Å². The Morgan fingerprint density at radius 2 is 2.22 bits per heavy atom. The third-order valence-electron chi connectivity index (χ3n) is 3.37. The maximum Gasteiger partial charge on any atom is 0.243 e. The Morgan fingerprint density at radius 3 is 2.89 bits per heavy atom. The topological polar surface area (TPSA) is 57.6 Å². The van der Waals surface area contributed by atoms with Gasteiger partial charge in [-0.3, -0.25) is 0 Å². The molecule has 1 aliphatic rings. The molecule has 0 amide bonds. The second-order valence-electron chi connectivity index (χ2n) is 4.87. The quantitative estimate of drug-likeness (QED) is 0.902. The Kier molecular flexibility index (Phi) is 4.04. The molecule has 0 spiro atoms. The summed E-state index contributed by atoms with van der Waals surface area (Å²) in [6.45, 7) is 2.91. The van der Waals surface area contributed by atoms with Crippen LogP contribution in [0.1, 0.15) is 18.4 Å². The summed E-state index contributed by atoms with van der Waals surface area (Å²) in [6, 6.07) is 6.96. The van der Waals surface area contributed by atoms with Crippen LogP contribution in [0.15, 0.2) is 29.2 Å². The predicted molar refractivity (Wildman–Crippen MR) is 69.7 cm³/mol. The van der Waals surface area contributed by atoms with E-state index < -0.39 is 10.0 Å². The number of piperidine rings is 1. The Bertz CT molecular complexity index is 513. The lowest BCUT2D eigenvalue weighted by Crippen LogP contribution is -2.40. The monoisotopic (exact) mass is 269 g/mol. The van der Waals surface area contributed by atoms with Crippen LogP contribution in [0, 0.1) is 12.8 Å². The van der Waals surface area contributed by atoms with E-state index in [0.717, 1.165) is 18.4 Å². The van der Waals surface area contributed by atoms with E-state index in [4.69, 9.17) is 5.11 Å². The van der Waals surface area contributed by atoms with Crippen molar-refractivity contribution in [1.82, 2.24) is 4.31 Å². The number of benzene rings is 1. The minimum atomic E-state index is -3.41. The van der Waals surface area contributed by atoms with E-state index in [0.29, 0.717) is 18.0 Å². The SMILES string of the molecule is Cc1cccc(S(=O)(=O)N2CCCC(CO)C2)c1. The molecule has 1 aromatic carbocycles. The van der Waals surface area contributed by atoms with Gasteiger partial charge in [0.1, 0.15) is 0 Å². The zero-order chi connectivity index (χ0) is 13.2. The molecule has 1 aromatic rings. The summed E-state index contributed by atoms with van der Waals surface area (Å²) in [4.78, 5) is 0.348. The predicted octanol–water partition coefficient (Wildman–Crippen LogP) is 1.39. The summed E-state index contributed by atoms with van der Waals surface area (Å²) >= 11 is 0. The number of aliphatic hydroxyl groups excluding tert-OH is 1. The maximum absolute atomic E-state index is 12.4. The molecule has 1 fully saturated rings.